The van der Waals surface area contributed by atoms with Crippen LogP contribution in [0.4, 0.5) is 0 Å². The summed E-state index contributed by atoms with van der Waals surface area (Å²) >= 11 is 15.8. The molecule has 66 valence electrons. The van der Waals surface area contributed by atoms with Crippen molar-refractivity contribution < 1.29 is 4.79 Å². The summed E-state index contributed by atoms with van der Waals surface area (Å²) in [5.41, 5.74) is 0.496. The second-order valence-corrected chi connectivity index (χ2v) is 5.88. The molecule has 1 atom stereocenters. The third-order valence-corrected chi connectivity index (χ3v) is 3.19. The minimum Gasteiger partial charge on any atom is -0.293 e. The Kier molecular flexibility index (Phi) is 3.58. The number of ketones is 1. The lowest BCUT2D eigenvalue weighted by molar-refractivity contribution is 0.0996. The van der Waals surface area contributed by atoms with Crippen LogP contribution in [0.2, 0.25) is 8.67 Å². The van der Waals surface area contributed by atoms with Gasteiger partial charge in [-0.25, -0.2) is 0 Å². The first-order valence-corrected chi connectivity index (χ1v) is 5.64. The van der Waals surface area contributed by atoms with Gasteiger partial charge in [-0.3, -0.25) is 4.79 Å². The quantitative estimate of drug-likeness (QED) is 0.593. The standard InChI is InChI=1S/C7H5BrCl2OS/c1-3(8)6(11)4-2-5(9)12-7(4)10/h2-3H,1H3. The molecular weight excluding hydrogens is 283 g/mol. The smallest absolute Gasteiger partial charge is 0.178 e. The Balaban J connectivity index is 3.02. The first kappa shape index (κ1) is 10.5. The van der Waals surface area contributed by atoms with Gasteiger partial charge in [0.25, 0.3) is 0 Å². The highest BCUT2D eigenvalue weighted by atomic mass is 79.9. The predicted molar refractivity (Wildman–Crippen MR) is 57.1 cm³/mol. The molecule has 0 aliphatic carbocycles. The fourth-order valence-electron chi connectivity index (χ4n) is 0.723. The molecule has 1 heterocycles. The van der Waals surface area contributed by atoms with Gasteiger partial charge in [-0.1, -0.05) is 39.1 Å². The Hall–Kier alpha value is 0.430. The van der Waals surface area contributed by atoms with Crippen molar-refractivity contribution in [1.29, 1.82) is 0 Å². The maximum absolute atomic E-state index is 11.4. The first-order valence-electron chi connectivity index (χ1n) is 3.15. The molecule has 1 aromatic heterocycles. The number of Topliss-reactive ketones (excluding diaryl/α,β-unsaturated/α-hetero) is 1. The highest BCUT2D eigenvalue weighted by Crippen LogP contribution is 2.32. The Morgan fingerprint density at radius 1 is 1.67 bits per heavy atom. The van der Waals surface area contributed by atoms with Crippen molar-refractivity contribution in [2.24, 2.45) is 0 Å². The topological polar surface area (TPSA) is 17.1 Å². The number of hydrogen-bond donors (Lipinski definition) is 0. The predicted octanol–water partition coefficient (Wildman–Crippen LogP) is 4.02. The molecule has 1 nitrogen and oxygen atoms in total. The minimum absolute atomic E-state index is 0.0387. The normalized spacial score (nSPS) is 13.0. The molecule has 0 aromatic carbocycles. The van der Waals surface area contributed by atoms with Crippen LogP contribution in [-0.4, -0.2) is 10.6 Å². The van der Waals surface area contributed by atoms with Crippen molar-refractivity contribution in [2.75, 3.05) is 0 Å². The van der Waals surface area contributed by atoms with E-state index in [9.17, 15) is 4.79 Å². The maximum atomic E-state index is 11.4. The van der Waals surface area contributed by atoms with E-state index in [1.807, 2.05) is 0 Å². The van der Waals surface area contributed by atoms with Gasteiger partial charge in [0.05, 0.1) is 9.16 Å². The molecule has 0 aliphatic heterocycles. The van der Waals surface area contributed by atoms with Gasteiger partial charge in [-0.2, -0.15) is 0 Å². The second kappa shape index (κ2) is 4.09. The minimum atomic E-state index is -0.222. The number of hydrogen-bond acceptors (Lipinski definition) is 2. The van der Waals surface area contributed by atoms with E-state index in [1.54, 1.807) is 13.0 Å². The molecule has 0 saturated heterocycles. The van der Waals surface area contributed by atoms with E-state index in [0.717, 1.165) is 0 Å². The van der Waals surface area contributed by atoms with Crippen LogP contribution < -0.4 is 0 Å². The van der Waals surface area contributed by atoms with Gasteiger partial charge >= 0.3 is 0 Å². The number of halogens is 3. The van der Waals surface area contributed by atoms with Gasteiger partial charge in [0, 0.05) is 5.56 Å². The monoisotopic (exact) mass is 286 g/mol. The SMILES string of the molecule is CC(Br)C(=O)c1cc(Cl)sc1Cl. The average Bonchev–Trinajstić information content (AvgIpc) is 2.28. The van der Waals surface area contributed by atoms with E-state index in [1.165, 1.54) is 11.3 Å². The van der Waals surface area contributed by atoms with Crippen LogP contribution >= 0.6 is 50.5 Å². The zero-order valence-electron chi connectivity index (χ0n) is 6.11. The van der Waals surface area contributed by atoms with Crippen molar-refractivity contribution in [3.05, 3.63) is 20.3 Å². The Morgan fingerprint density at radius 3 is 2.58 bits per heavy atom. The van der Waals surface area contributed by atoms with Gasteiger partial charge in [0.2, 0.25) is 0 Å². The molecule has 1 aromatic rings. The van der Waals surface area contributed by atoms with Crippen LogP contribution in [0.1, 0.15) is 17.3 Å². The van der Waals surface area contributed by atoms with Crippen LogP contribution in [0, 0.1) is 0 Å². The van der Waals surface area contributed by atoms with E-state index in [4.69, 9.17) is 23.2 Å². The molecule has 5 heteroatoms. The Labute approximate surface area is 92.8 Å². The van der Waals surface area contributed by atoms with Gasteiger partial charge in [-0.15, -0.1) is 11.3 Å². The summed E-state index contributed by atoms with van der Waals surface area (Å²) in [5, 5.41) is 0. The van der Waals surface area contributed by atoms with Crippen LogP contribution in [0.15, 0.2) is 6.07 Å². The number of carbonyl (C=O) groups is 1. The summed E-state index contributed by atoms with van der Waals surface area (Å²) in [5.74, 6) is -0.0387. The van der Waals surface area contributed by atoms with Gasteiger partial charge in [0.15, 0.2) is 5.78 Å². The molecule has 0 fully saturated rings. The van der Waals surface area contributed by atoms with E-state index in [0.29, 0.717) is 14.2 Å². The molecule has 1 rings (SSSR count). The molecule has 0 spiro atoms. The highest BCUT2D eigenvalue weighted by Gasteiger charge is 2.17. The lowest BCUT2D eigenvalue weighted by atomic mass is 10.2. The number of rotatable bonds is 2. The van der Waals surface area contributed by atoms with E-state index >= 15 is 0 Å². The zero-order valence-corrected chi connectivity index (χ0v) is 10.0. The zero-order chi connectivity index (χ0) is 9.30. The van der Waals surface area contributed by atoms with Gasteiger partial charge in [0.1, 0.15) is 4.34 Å². The molecule has 0 bridgehead atoms. The molecule has 0 radical (unpaired) electrons. The van der Waals surface area contributed by atoms with Crippen LogP contribution in [-0.2, 0) is 0 Å². The molecule has 1 unspecified atom stereocenters. The Morgan fingerprint density at radius 2 is 2.25 bits per heavy atom. The lowest BCUT2D eigenvalue weighted by Crippen LogP contribution is -2.08. The maximum Gasteiger partial charge on any atom is 0.178 e. The summed E-state index contributed by atoms with van der Waals surface area (Å²) in [4.78, 5) is 11.2. The summed E-state index contributed by atoms with van der Waals surface area (Å²) in [6.07, 6.45) is 0. The summed E-state index contributed by atoms with van der Waals surface area (Å²) < 4.78 is 0.993. The van der Waals surface area contributed by atoms with Gasteiger partial charge in [-0.05, 0) is 13.0 Å². The number of carbonyl (C=O) groups excluding carboxylic acids is 1. The van der Waals surface area contributed by atoms with Crippen molar-refractivity contribution >= 4 is 56.3 Å². The van der Waals surface area contributed by atoms with E-state index in [-0.39, 0.29) is 10.6 Å². The molecule has 0 amide bonds. The molecule has 0 aliphatic rings. The highest BCUT2D eigenvalue weighted by molar-refractivity contribution is 9.10. The van der Waals surface area contributed by atoms with E-state index < -0.39 is 0 Å². The second-order valence-electron chi connectivity index (χ2n) is 2.22. The molecular formula is C7H5BrCl2OS. The first-order chi connectivity index (χ1) is 5.52. The lowest BCUT2D eigenvalue weighted by Gasteiger charge is -1.98. The van der Waals surface area contributed by atoms with E-state index in [2.05, 4.69) is 15.9 Å². The van der Waals surface area contributed by atoms with Crippen LogP contribution in [0.25, 0.3) is 0 Å². The van der Waals surface area contributed by atoms with Crippen LogP contribution in [0.5, 0.6) is 0 Å². The van der Waals surface area contributed by atoms with Crippen molar-refractivity contribution in [1.82, 2.24) is 0 Å². The fraction of sp³-hybridized carbons (Fsp3) is 0.286. The average molecular weight is 288 g/mol. The van der Waals surface area contributed by atoms with Crippen molar-refractivity contribution in [3.8, 4) is 0 Å². The van der Waals surface area contributed by atoms with Gasteiger partial charge < -0.3 is 0 Å². The Bertz CT molecular complexity index is 308. The third-order valence-electron chi connectivity index (χ3n) is 1.28. The summed E-state index contributed by atoms with van der Waals surface area (Å²) in [6.45, 7) is 1.75. The number of alkyl halides is 1. The fourth-order valence-corrected chi connectivity index (χ4v) is 2.44. The van der Waals surface area contributed by atoms with Crippen molar-refractivity contribution in [2.45, 2.75) is 11.8 Å². The summed E-state index contributed by atoms with van der Waals surface area (Å²) in [6, 6.07) is 1.59. The molecule has 0 N–H and O–H groups in total. The van der Waals surface area contributed by atoms with Crippen molar-refractivity contribution in [3.63, 3.8) is 0 Å². The van der Waals surface area contributed by atoms with Crippen LogP contribution in [0.3, 0.4) is 0 Å². The molecule has 12 heavy (non-hydrogen) atoms. The molecule has 0 saturated carbocycles. The third kappa shape index (κ3) is 2.22. The summed E-state index contributed by atoms with van der Waals surface area (Å²) in [7, 11) is 0. The largest absolute Gasteiger partial charge is 0.293 e. The number of thiophene rings is 1.